The highest BCUT2D eigenvalue weighted by molar-refractivity contribution is 5.81. The topological polar surface area (TPSA) is 58.6 Å². The lowest BCUT2D eigenvalue weighted by Gasteiger charge is -2.13. The van der Waals surface area contributed by atoms with Gasteiger partial charge in [0.2, 0.25) is 5.91 Å². The predicted octanol–water partition coefficient (Wildman–Crippen LogP) is 1.36. The first kappa shape index (κ1) is 13.1. The number of aliphatic hydroxyl groups is 1. The summed E-state index contributed by atoms with van der Waals surface area (Å²) in [5.41, 5.74) is 1.79. The SMILES string of the molecule is CC1CCC(C(=O)NCc2ccccc2CO)O1. The molecule has 4 heteroatoms. The van der Waals surface area contributed by atoms with Gasteiger partial charge in [0, 0.05) is 6.54 Å². The second kappa shape index (κ2) is 5.98. The molecule has 4 nitrogen and oxygen atoms in total. The fourth-order valence-electron chi connectivity index (χ4n) is 2.18. The monoisotopic (exact) mass is 249 g/mol. The zero-order valence-corrected chi connectivity index (χ0v) is 10.6. The van der Waals surface area contributed by atoms with Crippen LogP contribution < -0.4 is 5.32 Å². The summed E-state index contributed by atoms with van der Waals surface area (Å²) >= 11 is 0. The number of nitrogens with one attached hydrogen (secondary N) is 1. The molecular formula is C14H19NO3. The van der Waals surface area contributed by atoms with Crippen molar-refractivity contribution in [3.63, 3.8) is 0 Å². The van der Waals surface area contributed by atoms with Gasteiger partial charge in [0.15, 0.2) is 0 Å². The van der Waals surface area contributed by atoms with E-state index in [1.165, 1.54) is 0 Å². The molecule has 2 atom stereocenters. The van der Waals surface area contributed by atoms with Crippen LogP contribution in [0.3, 0.4) is 0 Å². The second-order valence-corrected chi connectivity index (χ2v) is 4.66. The van der Waals surface area contributed by atoms with E-state index in [4.69, 9.17) is 4.74 Å². The molecule has 2 rings (SSSR count). The number of hydrogen-bond acceptors (Lipinski definition) is 3. The molecule has 98 valence electrons. The van der Waals surface area contributed by atoms with Crippen LogP contribution in [0.15, 0.2) is 24.3 Å². The van der Waals surface area contributed by atoms with Gasteiger partial charge in [0.25, 0.3) is 0 Å². The van der Waals surface area contributed by atoms with Crippen LogP contribution in [0.4, 0.5) is 0 Å². The Morgan fingerprint density at radius 2 is 2.11 bits per heavy atom. The third kappa shape index (κ3) is 3.09. The third-order valence-electron chi connectivity index (χ3n) is 3.27. The number of carbonyl (C=O) groups excluding carboxylic acids is 1. The lowest BCUT2D eigenvalue weighted by molar-refractivity contribution is -0.131. The van der Waals surface area contributed by atoms with E-state index < -0.39 is 0 Å². The molecule has 1 aliphatic rings. The van der Waals surface area contributed by atoms with E-state index in [0.29, 0.717) is 6.54 Å². The van der Waals surface area contributed by atoms with Gasteiger partial charge in [-0.1, -0.05) is 24.3 Å². The van der Waals surface area contributed by atoms with Crippen LogP contribution in [0.5, 0.6) is 0 Å². The van der Waals surface area contributed by atoms with Gasteiger partial charge in [-0.2, -0.15) is 0 Å². The van der Waals surface area contributed by atoms with E-state index in [-0.39, 0.29) is 24.7 Å². The van der Waals surface area contributed by atoms with E-state index in [1.807, 2.05) is 31.2 Å². The van der Waals surface area contributed by atoms with Gasteiger partial charge in [-0.05, 0) is 30.9 Å². The van der Waals surface area contributed by atoms with Crippen molar-refractivity contribution < 1.29 is 14.6 Å². The number of ether oxygens (including phenoxy) is 1. The number of carbonyl (C=O) groups is 1. The second-order valence-electron chi connectivity index (χ2n) is 4.66. The van der Waals surface area contributed by atoms with Crippen molar-refractivity contribution >= 4 is 5.91 Å². The normalized spacial score (nSPS) is 23.0. The summed E-state index contributed by atoms with van der Waals surface area (Å²) in [5, 5.41) is 12.1. The molecule has 2 unspecified atom stereocenters. The first-order valence-electron chi connectivity index (χ1n) is 6.31. The summed E-state index contributed by atoms with van der Waals surface area (Å²) in [6.07, 6.45) is 1.58. The largest absolute Gasteiger partial charge is 0.392 e. The van der Waals surface area contributed by atoms with Crippen LogP contribution in [0.1, 0.15) is 30.9 Å². The minimum Gasteiger partial charge on any atom is -0.392 e. The highest BCUT2D eigenvalue weighted by Crippen LogP contribution is 2.19. The van der Waals surface area contributed by atoms with Crippen molar-refractivity contribution in [2.45, 2.75) is 45.1 Å². The molecule has 1 aliphatic heterocycles. The van der Waals surface area contributed by atoms with Crippen LogP contribution in [-0.4, -0.2) is 23.2 Å². The molecule has 0 aromatic heterocycles. The van der Waals surface area contributed by atoms with E-state index >= 15 is 0 Å². The van der Waals surface area contributed by atoms with Crippen molar-refractivity contribution in [1.29, 1.82) is 0 Å². The van der Waals surface area contributed by atoms with Gasteiger partial charge < -0.3 is 15.2 Å². The maximum absolute atomic E-state index is 11.9. The highest BCUT2D eigenvalue weighted by Gasteiger charge is 2.27. The lowest BCUT2D eigenvalue weighted by Crippen LogP contribution is -2.34. The molecule has 0 bridgehead atoms. The molecule has 0 radical (unpaired) electrons. The van der Waals surface area contributed by atoms with E-state index in [1.54, 1.807) is 0 Å². The van der Waals surface area contributed by atoms with Crippen molar-refractivity contribution in [2.24, 2.45) is 0 Å². The molecule has 18 heavy (non-hydrogen) atoms. The molecular weight excluding hydrogens is 230 g/mol. The zero-order chi connectivity index (χ0) is 13.0. The van der Waals surface area contributed by atoms with Crippen molar-refractivity contribution in [1.82, 2.24) is 5.32 Å². The quantitative estimate of drug-likeness (QED) is 0.847. The van der Waals surface area contributed by atoms with E-state index in [0.717, 1.165) is 24.0 Å². The Morgan fingerprint density at radius 1 is 1.39 bits per heavy atom. The van der Waals surface area contributed by atoms with Crippen molar-refractivity contribution in [3.8, 4) is 0 Å². The Morgan fingerprint density at radius 3 is 2.72 bits per heavy atom. The predicted molar refractivity (Wildman–Crippen MR) is 67.8 cm³/mol. The van der Waals surface area contributed by atoms with E-state index in [2.05, 4.69) is 5.32 Å². The van der Waals surface area contributed by atoms with Crippen LogP contribution >= 0.6 is 0 Å². The summed E-state index contributed by atoms with van der Waals surface area (Å²) < 4.78 is 5.51. The van der Waals surface area contributed by atoms with Crippen molar-refractivity contribution in [2.75, 3.05) is 0 Å². The first-order valence-corrected chi connectivity index (χ1v) is 6.31. The minimum absolute atomic E-state index is 0.0109. The maximum atomic E-state index is 11.9. The summed E-state index contributed by atoms with van der Waals surface area (Å²) in [5.74, 6) is -0.0629. The Labute approximate surface area is 107 Å². The average Bonchev–Trinajstić information content (AvgIpc) is 2.83. The first-order chi connectivity index (χ1) is 8.70. The summed E-state index contributed by atoms with van der Waals surface area (Å²) in [7, 11) is 0. The minimum atomic E-state index is -0.318. The Hall–Kier alpha value is -1.39. The molecule has 2 N–H and O–H groups in total. The van der Waals surface area contributed by atoms with Crippen LogP contribution in [0, 0.1) is 0 Å². The third-order valence-corrected chi connectivity index (χ3v) is 3.27. The number of hydrogen-bond donors (Lipinski definition) is 2. The molecule has 0 saturated carbocycles. The number of amides is 1. The maximum Gasteiger partial charge on any atom is 0.249 e. The van der Waals surface area contributed by atoms with Gasteiger partial charge in [0.05, 0.1) is 12.7 Å². The van der Waals surface area contributed by atoms with Gasteiger partial charge >= 0.3 is 0 Å². The Kier molecular flexibility index (Phi) is 4.33. The van der Waals surface area contributed by atoms with Crippen molar-refractivity contribution in [3.05, 3.63) is 35.4 Å². The fraction of sp³-hybridized carbons (Fsp3) is 0.500. The average molecular weight is 249 g/mol. The number of rotatable bonds is 4. The smallest absolute Gasteiger partial charge is 0.249 e. The molecule has 1 heterocycles. The zero-order valence-electron chi connectivity index (χ0n) is 10.6. The fourth-order valence-corrected chi connectivity index (χ4v) is 2.18. The molecule has 1 aromatic rings. The molecule has 0 aliphatic carbocycles. The summed E-state index contributed by atoms with van der Waals surface area (Å²) in [6.45, 7) is 2.40. The van der Waals surface area contributed by atoms with Crippen LogP contribution in [0.25, 0.3) is 0 Å². The molecule has 1 amide bonds. The summed E-state index contributed by atoms with van der Waals surface area (Å²) in [4.78, 5) is 11.9. The molecule has 1 aromatic carbocycles. The van der Waals surface area contributed by atoms with E-state index in [9.17, 15) is 9.90 Å². The highest BCUT2D eigenvalue weighted by atomic mass is 16.5. The molecule has 1 saturated heterocycles. The molecule has 0 spiro atoms. The summed E-state index contributed by atoms with van der Waals surface area (Å²) in [6, 6.07) is 7.53. The van der Waals surface area contributed by atoms with Gasteiger partial charge in [0.1, 0.15) is 6.10 Å². The van der Waals surface area contributed by atoms with Crippen LogP contribution in [-0.2, 0) is 22.7 Å². The lowest BCUT2D eigenvalue weighted by atomic mass is 10.1. The van der Waals surface area contributed by atoms with Gasteiger partial charge in [-0.15, -0.1) is 0 Å². The van der Waals surface area contributed by atoms with Gasteiger partial charge in [-0.25, -0.2) is 0 Å². The number of aliphatic hydroxyl groups excluding tert-OH is 1. The number of benzene rings is 1. The Bertz CT molecular complexity index is 419. The molecule has 1 fully saturated rings. The Balaban J connectivity index is 1.89. The van der Waals surface area contributed by atoms with Crippen LogP contribution in [0.2, 0.25) is 0 Å². The van der Waals surface area contributed by atoms with Gasteiger partial charge in [-0.3, -0.25) is 4.79 Å². The standard InChI is InChI=1S/C14H19NO3/c1-10-6-7-13(18-10)14(17)15-8-11-4-2-3-5-12(11)9-16/h2-5,10,13,16H,6-9H2,1H3,(H,15,17).